The standard InChI is InChI=1S/C8H7BrClF/c1-4-3-6(11)5(2)7(9)8(4)10/h3H,1-2H3. The van der Waals surface area contributed by atoms with Gasteiger partial charge in [0.25, 0.3) is 0 Å². The summed E-state index contributed by atoms with van der Waals surface area (Å²) >= 11 is 9.05. The topological polar surface area (TPSA) is 0 Å². The highest BCUT2D eigenvalue weighted by molar-refractivity contribution is 9.10. The smallest absolute Gasteiger partial charge is 0.127 e. The predicted octanol–water partition coefficient (Wildman–Crippen LogP) is 3.86. The number of rotatable bonds is 0. The van der Waals surface area contributed by atoms with Crippen molar-refractivity contribution in [3.05, 3.63) is 32.5 Å². The maximum Gasteiger partial charge on any atom is 0.127 e. The highest BCUT2D eigenvalue weighted by atomic mass is 79.9. The van der Waals surface area contributed by atoms with Crippen LogP contribution < -0.4 is 0 Å². The molecule has 0 saturated carbocycles. The van der Waals surface area contributed by atoms with Crippen molar-refractivity contribution >= 4 is 27.5 Å². The van der Waals surface area contributed by atoms with Gasteiger partial charge in [0.15, 0.2) is 0 Å². The van der Waals surface area contributed by atoms with Crippen molar-refractivity contribution in [1.29, 1.82) is 0 Å². The summed E-state index contributed by atoms with van der Waals surface area (Å²) in [6.07, 6.45) is 0. The Hall–Kier alpha value is -0.0800. The molecule has 0 unspecified atom stereocenters. The van der Waals surface area contributed by atoms with Crippen LogP contribution >= 0.6 is 27.5 Å². The van der Waals surface area contributed by atoms with Gasteiger partial charge in [-0.25, -0.2) is 4.39 Å². The number of hydrogen-bond acceptors (Lipinski definition) is 0. The number of aryl methyl sites for hydroxylation is 1. The van der Waals surface area contributed by atoms with Gasteiger partial charge in [0.05, 0.1) is 5.02 Å². The molecule has 0 radical (unpaired) electrons. The van der Waals surface area contributed by atoms with Gasteiger partial charge >= 0.3 is 0 Å². The fourth-order valence-electron chi connectivity index (χ4n) is 0.804. The highest BCUT2D eigenvalue weighted by Gasteiger charge is 2.08. The molecule has 11 heavy (non-hydrogen) atoms. The van der Waals surface area contributed by atoms with Gasteiger partial charge in [0.2, 0.25) is 0 Å². The van der Waals surface area contributed by atoms with E-state index in [0.717, 1.165) is 5.56 Å². The molecule has 0 N–H and O–H groups in total. The molecule has 1 aromatic carbocycles. The third kappa shape index (κ3) is 1.57. The Balaban J connectivity index is 3.46. The van der Waals surface area contributed by atoms with Crippen molar-refractivity contribution in [3.8, 4) is 0 Å². The lowest BCUT2D eigenvalue weighted by molar-refractivity contribution is 0.616. The van der Waals surface area contributed by atoms with Gasteiger partial charge in [0.1, 0.15) is 5.82 Å². The molecule has 3 heteroatoms. The second-order valence-electron chi connectivity index (χ2n) is 2.43. The van der Waals surface area contributed by atoms with Crippen LogP contribution in [0.15, 0.2) is 10.5 Å². The van der Waals surface area contributed by atoms with Crippen molar-refractivity contribution in [2.75, 3.05) is 0 Å². The molecule has 0 nitrogen and oxygen atoms in total. The van der Waals surface area contributed by atoms with Gasteiger partial charge in [-0.15, -0.1) is 0 Å². The summed E-state index contributed by atoms with van der Waals surface area (Å²) in [6.45, 7) is 3.46. The zero-order valence-electron chi connectivity index (χ0n) is 6.21. The van der Waals surface area contributed by atoms with E-state index in [9.17, 15) is 4.39 Å². The summed E-state index contributed by atoms with van der Waals surface area (Å²) < 4.78 is 13.6. The molecular formula is C8H7BrClF. The summed E-state index contributed by atoms with van der Waals surface area (Å²) in [7, 11) is 0. The van der Waals surface area contributed by atoms with Crippen LogP contribution in [0.3, 0.4) is 0 Å². The van der Waals surface area contributed by atoms with E-state index < -0.39 is 0 Å². The van der Waals surface area contributed by atoms with Gasteiger partial charge in [-0.2, -0.15) is 0 Å². The Bertz CT molecular complexity index is 270. The van der Waals surface area contributed by atoms with E-state index >= 15 is 0 Å². The van der Waals surface area contributed by atoms with E-state index in [1.54, 1.807) is 13.8 Å². The Morgan fingerprint density at radius 3 is 2.55 bits per heavy atom. The summed E-state index contributed by atoms with van der Waals surface area (Å²) in [4.78, 5) is 0. The van der Waals surface area contributed by atoms with E-state index in [1.165, 1.54) is 6.07 Å². The molecule has 0 fully saturated rings. The third-order valence-electron chi connectivity index (χ3n) is 1.57. The second-order valence-corrected chi connectivity index (χ2v) is 3.60. The predicted molar refractivity (Wildman–Crippen MR) is 48.6 cm³/mol. The number of hydrogen-bond donors (Lipinski definition) is 0. The monoisotopic (exact) mass is 236 g/mol. The highest BCUT2D eigenvalue weighted by Crippen LogP contribution is 2.30. The molecule has 0 saturated heterocycles. The summed E-state index contributed by atoms with van der Waals surface area (Å²) in [5, 5.41) is 0.587. The molecule has 0 aliphatic rings. The second kappa shape index (κ2) is 3.11. The van der Waals surface area contributed by atoms with E-state index in [1.807, 2.05) is 0 Å². The van der Waals surface area contributed by atoms with E-state index in [-0.39, 0.29) is 5.82 Å². The van der Waals surface area contributed by atoms with Crippen LogP contribution in [0.25, 0.3) is 0 Å². The van der Waals surface area contributed by atoms with Gasteiger partial charge in [0, 0.05) is 10.0 Å². The Morgan fingerprint density at radius 1 is 1.45 bits per heavy atom. The van der Waals surface area contributed by atoms with Gasteiger partial charge in [-0.1, -0.05) is 11.6 Å². The molecule has 1 rings (SSSR count). The van der Waals surface area contributed by atoms with Gasteiger partial charge < -0.3 is 0 Å². The minimum Gasteiger partial charge on any atom is -0.207 e. The first-order chi connectivity index (χ1) is 5.04. The molecule has 0 aromatic heterocycles. The minimum absolute atomic E-state index is 0.223. The first-order valence-electron chi connectivity index (χ1n) is 3.14. The average molecular weight is 237 g/mol. The largest absolute Gasteiger partial charge is 0.207 e. The van der Waals surface area contributed by atoms with Gasteiger partial charge in [-0.3, -0.25) is 0 Å². The normalized spacial score (nSPS) is 10.3. The van der Waals surface area contributed by atoms with Crippen LogP contribution in [0.1, 0.15) is 11.1 Å². The van der Waals surface area contributed by atoms with Crippen molar-refractivity contribution < 1.29 is 4.39 Å². The first-order valence-corrected chi connectivity index (χ1v) is 4.32. The third-order valence-corrected chi connectivity index (χ3v) is 3.28. The molecule has 0 atom stereocenters. The van der Waals surface area contributed by atoms with Crippen LogP contribution in [0.2, 0.25) is 5.02 Å². The molecule has 0 spiro atoms. The number of halogens is 3. The zero-order valence-corrected chi connectivity index (χ0v) is 8.55. The minimum atomic E-state index is -0.223. The van der Waals surface area contributed by atoms with Crippen LogP contribution in [0.5, 0.6) is 0 Å². The maximum absolute atomic E-state index is 12.9. The van der Waals surface area contributed by atoms with Crippen LogP contribution in [0.4, 0.5) is 4.39 Å². The zero-order chi connectivity index (χ0) is 8.59. The first kappa shape index (κ1) is 9.01. The van der Waals surface area contributed by atoms with E-state index in [0.29, 0.717) is 15.1 Å². The van der Waals surface area contributed by atoms with Crippen molar-refractivity contribution in [3.63, 3.8) is 0 Å². The van der Waals surface area contributed by atoms with Crippen molar-refractivity contribution in [2.24, 2.45) is 0 Å². The van der Waals surface area contributed by atoms with Gasteiger partial charge in [-0.05, 0) is 41.4 Å². The molecular weight excluding hydrogens is 230 g/mol. The molecule has 1 aromatic rings. The van der Waals surface area contributed by atoms with Crippen LogP contribution in [-0.2, 0) is 0 Å². The Labute approximate surface area is 78.5 Å². The lowest BCUT2D eigenvalue weighted by Gasteiger charge is -2.04. The van der Waals surface area contributed by atoms with Crippen LogP contribution in [0, 0.1) is 19.7 Å². The maximum atomic E-state index is 12.9. The molecule has 0 aliphatic carbocycles. The number of benzene rings is 1. The SMILES string of the molecule is Cc1cc(F)c(C)c(Br)c1Cl. The summed E-state index contributed by atoms with van der Waals surface area (Å²) in [5.74, 6) is -0.223. The molecule has 60 valence electrons. The van der Waals surface area contributed by atoms with Crippen molar-refractivity contribution in [1.82, 2.24) is 0 Å². The quantitative estimate of drug-likeness (QED) is 0.601. The van der Waals surface area contributed by atoms with E-state index in [4.69, 9.17) is 11.6 Å². The molecule has 0 aliphatic heterocycles. The Kier molecular flexibility index (Phi) is 2.55. The fourth-order valence-corrected chi connectivity index (χ4v) is 1.50. The molecule has 0 bridgehead atoms. The van der Waals surface area contributed by atoms with Crippen molar-refractivity contribution in [2.45, 2.75) is 13.8 Å². The molecule has 0 heterocycles. The lowest BCUT2D eigenvalue weighted by Crippen LogP contribution is -1.87. The summed E-state index contributed by atoms with van der Waals surface area (Å²) in [5.41, 5.74) is 1.31. The Morgan fingerprint density at radius 2 is 2.00 bits per heavy atom. The van der Waals surface area contributed by atoms with E-state index in [2.05, 4.69) is 15.9 Å². The van der Waals surface area contributed by atoms with Crippen LogP contribution in [-0.4, -0.2) is 0 Å². The molecule has 0 amide bonds. The lowest BCUT2D eigenvalue weighted by atomic mass is 10.1. The fraction of sp³-hybridized carbons (Fsp3) is 0.250. The average Bonchev–Trinajstić information content (AvgIpc) is 1.97. The summed E-state index contributed by atoms with van der Waals surface area (Å²) in [6, 6.07) is 1.43.